The number of nitrogens with one attached hydrogen (secondary N) is 2. The van der Waals surface area contributed by atoms with Crippen LogP contribution in [0.4, 0.5) is 5.82 Å². The van der Waals surface area contributed by atoms with Crippen molar-refractivity contribution in [1.29, 1.82) is 0 Å². The summed E-state index contributed by atoms with van der Waals surface area (Å²) in [5.41, 5.74) is 3.11. The third-order valence-electron chi connectivity index (χ3n) is 2.25. The minimum atomic E-state index is 0.770. The molecule has 0 unspecified atom stereocenters. The predicted molar refractivity (Wildman–Crippen MR) is 54.5 cm³/mol. The standard InChI is InChI=1S/C10H8N4/c1-2-4-8-7(3-1)5-6-11-10-9(8)12-14-13-10/h1-6H,(H2,11,12,13,14). The largest absolute Gasteiger partial charge is 0.343 e. The summed E-state index contributed by atoms with van der Waals surface area (Å²) in [4.78, 5) is 0. The lowest BCUT2D eigenvalue weighted by atomic mass is 10.1. The van der Waals surface area contributed by atoms with Crippen LogP contribution in [0.25, 0.3) is 17.3 Å². The van der Waals surface area contributed by atoms with Gasteiger partial charge in [0.2, 0.25) is 0 Å². The van der Waals surface area contributed by atoms with Gasteiger partial charge in [-0.1, -0.05) is 24.3 Å². The molecule has 0 bridgehead atoms. The molecule has 1 aromatic heterocycles. The zero-order valence-corrected chi connectivity index (χ0v) is 7.36. The van der Waals surface area contributed by atoms with Crippen LogP contribution in [0.15, 0.2) is 30.5 Å². The Morgan fingerprint density at radius 1 is 1.07 bits per heavy atom. The summed E-state index contributed by atoms with van der Waals surface area (Å²) in [6.07, 6.45) is 3.88. The molecule has 0 saturated carbocycles. The third-order valence-corrected chi connectivity index (χ3v) is 2.25. The number of aromatic nitrogens is 3. The second-order valence-electron chi connectivity index (χ2n) is 3.09. The van der Waals surface area contributed by atoms with Gasteiger partial charge >= 0.3 is 0 Å². The topological polar surface area (TPSA) is 53.6 Å². The lowest BCUT2D eigenvalue weighted by Gasteiger charge is -1.99. The second-order valence-corrected chi connectivity index (χ2v) is 3.09. The van der Waals surface area contributed by atoms with Crippen LogP contribution in [-0.2, 0) is 0 Å². The van der Waals surface area contributed by atoms with Gasteiger partial charge in [0.25, 0.3) is 0 Å². The van der Waals surface area contributed by atoms with E-state index in [4.69, 9.17) is 0 Å². The fourth-order valence-corrected chi connectivity index (χ4v) is 1.59. The fraction of sp³-hybridized carbons (Fsp3) is 0. The molecule has 1 aliphatic heterocycles. The monoisotopic (exact) mass is 184 g/mol. The summed E-state index contributed by atoms with van der Waals surface area (Å²) in [7, 11) is 0. The Hall–Kier alpha value is -2.10. The van der Waals surface area contributed by atoms with Gasteiger partial charge in [0, 0.05) is 11.8 Å². The van der Waals surface area contributed by atoms with E-state index in [1.807, 2.05) is 30.5 Å². The molecule has 2 heterocycles. The number of hydrogen-bond donors (Lipinski definition) is 2. The summed E-state index contributed by atoms with van der Waals surface area (Å²) >= 11 is 0. The first-order valence-corrected chi connectivity index (χ1v) is 4.38. The van der Waals surface area contributed by atoms with Crippen molar-refractivity contribution in [2.45, 2.75) is 0 Å². The highest BCUT2D eigenvalue weighted by Gasteiger charge is 2.13. The predicted octanol–water partition coefficient (Wildman–Crippen LogP) is 1.87. The van der Waals surface area contributed by atoms with Gasteiger partial charge in [0.1, 0.15) is 5.69 Å². The van der Waals surface area contributed by atoms with Gasteiger partial charge in [0.05, 0.1) is 0 Å². The van der Waals surface area contributed by atoms with E-state index in [-0.39, 0.29) is 0 Å². The van der Waals surface area contributed by atoms with E-state index in [2.05, 4.69) is 26.8 Å². The summed E-state index contributed by atoms with van der Waals surface area (Å²) in [5.74, 6) is 0.770. The molecule has 14 heavy (non-hydrogen) atoms. The second kappa shape index (κ2) is 2.70. The summed E-state index contributed by atoms with van der Waals surface area (Å²) < 4.78 is 0. The van der Waals surface area contributed by atoms with Crippen LogP contribution in [0.2, 0.25) is 0 Å². The Kier molecular flexibility index (Phi) is 1.41. The van der Waals surface area contributed by atoms with E-state index in [1.54, 1.807) is 0 Å². The normalized spacial score (nSPS) is 12.6. The third kappa shape index (κ3) is 0.939. The van der Waals surface area contributed by atoms with Crippen molar-refractivity contribution in [3.05, 3.63) is 36.0 Å². The smallest absolute Gasteiger partial charge is 0.180 e. The van der Waals surface area contributed by atoms with Crippen molar-refractivity contribution in [3.63, 3.8) is 0 Å². The lowest BCUT2D eigenvalue weighted by Crippen LogP contribution is -1.87. The molecule has 68 valence electrons. The Morgan fingerprint density at radius 3 is 3.00 bits per heavy atom. The van der Waals surface area contributed by atoms with Gasteiger partial charge in [-0.25, -0.2) is 0 Å². The molecule has 0 saturated heterocycles. The Bertz CT molecular complexity index is 498. The van der Waals surface area contributed by atoms with Crippen molar-refractivity contribution in [2.24, 2.45) is 0 Å². The van der Waals surface area contributed by atoms with E-state index in [1.165, 1.54) is 0 Å². The van der Waals surface area contributed by atoms with Gasteiger partial charge < -0.3 is 5.32 Å². The van der Waals surface area contributed by atoms with Crippen LogP contribution in [0.1, 0.15) is 5.56 Å². The SMILES string of the molecule is C1=Cc2ccccc2-c2n[nH]nc2N1. The molecule has 1 aromatic carbocycles. The molecule has 2 N–H and O–H groups in total. The van der Waals surface area contributed by atoms with Crippen LogP contribution < -0.4 is 5.32 Å². The van der Waals surface area contributed by atoms with Crippen LogP contribution in [0.5, 0.6) is 0 Å². The molecule has 0 radical (unpaired) electrons. The number of H-pyrrole nitrogens is 1. The number of aromatic amines is 1. The highest BCUT2D eigenvalue weighted by atomic mass is 15.4. The lowest BCUT2D eigenvalue weighted by molar-refractivity contribution is 0.943. The van der Waals surface area contributed by atoms with E-state index in [9.17, 15) is 0 Å². The fourth-order valence-electron chi connectivity index (χ4n) is 1.59. The van der Waals surface area contributed by atoms with Crippen molar-refractivity contribution in [1.82, 2.24) is 15.4 Å². The van der Waals surface area contributed by atoms with E-state index in [0.29, 0.717) is 0 Å². The van der Waals surface area contributed by atoms with Crippen LogP contribution in [0.3, 0.4) is 0 Å². The first-order valence-electron chi connectivity index (χ1n) is 4.38. The quantitative estimate of drug-likeness (QED) is 0.657. The average Bonchev–Trinajstić information content (AvgIpc) is 2.61. The maximum atomic E-state index is 4.12. The molecule has 0 fully saturated rings. The van der Waals surface area contributed by atoms with Crippen molar-refractivity contribution in [2.75, 3.05) is 5.32 Å². The molecule has 0 atom stereocenters. The van der Waals surface area contributed by atoms with Crippen LogP contribution in [-0.4, -0.2) is 15.4 Å². The highest BCUT2D eigenvalue weighted by Crippen LogP contribution is 2.29. The molecular formula is C10H8N4. The maximum absolute atomic E-state index is 4.12. The van der Waals surface area contributed by atoms with Gasteiger partial charge in [0.15, 0.2) is 5.82 Å². The van der Waals surface area contributed by atoms with Crippen molar-refractivity contribution < 1.29 is 0 Å². The summed E-state index contributed by atoms with van der Waals surface area (Å²) in [6, 6.07) is 8.09. The van der Waals surface area contributed by atoms with Gasteiger partial charge in [-0.15, -0.1) is 5.10 Å². The van der Waals surface area contributed by atoms with Crippen LogP contribution in [0, 0.1) is 0 Å². The minimum absolute atomic E-state index is 0.770. The van der Waals surface area contributed by atoms with E-state index < -0.39 is 0 Å². The number of hydrogen-bond acceptors (Lipinski definition) is 3. The number of fused-ring (bicyclic) bond motifs is 3. The summed E-state index contributed by atoms with van der Waals surface area (Å²) in [6.45, 7) is 0. The average molecular weight is 184 g/mol. The van der Waals surface area contributed by atoms with Gasteiger partial charge in [-0.2, -0.15) is 10.3 Å². The van der Waals surface area contributed by atoms with E-state index >= 15 is 0 Å². The molecule has 3 rings (SSSR count). The maximum Gasteiger partial charge on any atom is 0.180 e. The Labute approximate surface area is 80.7 Å². The number of anilines is 1. The van der Waals surface area contributed by atoms with Crippen molar-refractivity contribution in [3.8, 4) is 11.3 Å². The Balaban J connectivity index is 2.34. The highest BCUT2D eigenvalue weighted by molar-refractivity contribution is 5.82. The molecule has 4 heteroatoms. The summed E-state index contributed by atoms with van der Waals surface area (Å²) in [5, 5.41) is 13.8. The molecular weight excluding hydrogens is 176 g/mol. The zero-order valence-electron chi connectivity index (χ0n) is 7.36. The molecule has 1 aliphatic rings. The minimum Gasteiger partial charge on any atom is -0.343 e. The number of nitrogens with zero attached hydrogens (tertiary/aromatic N) is 2. The molecule has 2 aromatic rings. The number of rotatable bonds is 0. The molecule has 0 amide bonds. The zero-order chi connectivity index (χ0) is 9.38. The van der Waals surface area contributed by atoms with Gasteiger partial charge in [-0.3, -0.25) is 0 Å². The van der Waals surface area contributed by atoms with Gasteiger partial charge in [-0.05, 0) is 11.6 Å². The van der Waals surface area contributed by atoms with E-state index in [0.717, 1.165) is 22.6 Å². The first kappa shape index (κ1) is 7.32. The first-order chi connectivity index (χ1) is 6.95. The van der Waals surface area contributed by atoms with Crippen molar-refractivity contribution >= 4 is 11.9 Å². The van der Waals surface area contributed by atoms with Crippen LogP contribution >= 0.6 is 0 Å². The Morgan fingerprint density at radius 2 is 2.00 bits per heavy atom. The number of benzene rings is 1. The molecule has 0 aliphatic carbocycles. The molecule has 4 nitrogen and oxygen atoms in total. The molecule has 0 spiro atoms.